The maximum atomic E-state index is 12.8. The molecule has 0 aliphatic rings. The van der Waals surface area contributed by atoms with Crippen LogP contribution in [0.1, 0.15) is 10.4 Å². The number of hydrogen-bond acceptors (Lipinski definition) is 6. The number of ether oxygens (including phenoxy) is 3. The highest BCUT2D eigenvalue weighted by Crippen LogP contribution is 2.32. The highest BCUT2D eigenvalue weighted by molar-refractivity contribution is 5.99. The molecule has 0 unspecified atom stereocenters. The molecule has 0 saturated carbocycles. The van der Waals surface area contributed by atoms with Crippen molar-refractivity contribution in [2.45, 2.75) is 0 Å². The van der Waals surface area contributed by atoms with Gasteiger partial charge in [0.25, 0.3) is 0 Å². The molecule has 0 spiro atoms. The summed E-state index contributed by atoms with van der Waals surface area (Å²) in [5, 5.41) is 0.307. The van der Waals surface area contributed by atoms with E-state index in [-0.39, 0.29) is 11.3 Å². The number of esters is 1. The Bertz CT molecular complexity index is 980. The summed E-state index contributed by atoms with van der Waals surface area (Å²) in [6, 6.07) is 11.7. The minimum atomic E-state index is -0.767. The lowest BCUT2D eigenvalue weighted by Crippen LogP contribution is -2.18. The van der Waals surface area contributed by atoms with Gasteiger partial charge >= 0.3 is 5.97 Å². The van der Waals surface area contributed by atoms with Crippen LogP contribution in [-0.4, -0.2) is 27.3 Å². The molecule has 6 nitrogen and oxygen atoms in total. The largest absolute Gasteiger partial charge is 0.497 e. The van der Waals surface area contributed by atoms with Crippen molar-refractivity contribution in [1.82, 2.24) is 0 Å². The summed E-state index contributed by atoms with van der Waals surface area (Å²) in [4.78, 5) is 25.0. The summed E-state index contributed by atoms with van der Waals surface area (Å²) in [6.45, 7) is 0. The maximum Gasteiger partial charge on any atom is 0.345 e. The summed E-state index contributed by atoms with van der Waals surface area (Å²) in [5.74, 6) is 0.339. The third-order valence-electron chi connectivity index (χ3n) is 3.80. The van der Waals surface area contributed by atoms with Gasteiger partial charge in [0.05, 0.1) is 26.7 Å². The molecule has 3 aromatic rings. The molecule has 0 aliphatic carbocycles. The average molecular weight is 340 g/mol. The number of carbonyl (C=O) groups excluding carboxylic acids is 1. The monoisotopic (exact) mass is 340 g/mol. The van der Waals surface area contributed by atoms with Gasteiger partial charge < -0.3 is 18.6 Å². The van der Waals surface area contributed by atoms with Gasteiger partial charge in [-0.15, -0.1) is 0 Å². The van der Waals surface area contributed by atoms with E-state index >= 15 is 0 Å². The van der Waals surface area contributed by atoms with Crippen molar-refractivity contribution in [3.8, 4) is 22.8 Å². The second kappa shape index (κ2) is 6.68. The minimum Gasteiger partial charge on any atom is -0.497 e. The lowest BCUT2D eigenvalue weighted by molar-refractivity contribution is 0.0598. The van der Waals surface area contributed by atoms with E-state index in [9.17, 15) is 9.59 Å². The summed E-state index contributed by atoms with van der Waals surface area (Å²) in [7, 11) is 4.24. The molecule has 0 bridgehead atoms. The quantitative estimate of drug-likeness (QED) is 0.679. The third-order valence-corrected chi connectivity index (χ3v) is 3.80. The van der Waals surface area contributed by atoms with E-state index < -0.39 is 11.4 Å². The molecular weight excluding hydrogens is 324 g/mol. The zero-order chi connectivity index (χ0) is 18.0. The van der Waals surface area contributed by atoms with Gasteiger partial charge in [-0.3, -0.25) is 4.79 Å². The molecule has 0 radical (unpaired) electrons. The lowest BCUT2D eigenvalue weighted by atomic mass is 10.0. The van der Waals surface area contributed by atoms with E-state index in [0.29, 0.717) is 28.0 Å². The third kappa shape index (κ3) is 2.94. The number of methoxy groups -OCH3 is 3. The van der Waals surface area contributed by atoms with Crippen LogP contribution in [0.25, 0.3) is 22.3 Å². The van der Waals surface area contributed by atoms with Crippen LogP contribution < -0.4 is 14.9 Å². The highest BCUT2D eigenvalue weighted by Gasteiger charge is 2.23. The number of carbonyl (C=O) groups is 1. The van der Waals surface area contributed by atoms with Crippen LogP contribution >= 0.6 is 0 Å². The Kier molecular flexibility index (Phi) is 4.43. The Morgan fingerprint density at radius 1 is 0.960 bits per heavy atom. The number of hydrogen-bond donors (Lipinski definition) is 0. The van der Waals surface area contributed by atoms with E-state index in [1.807, 2.05) is 0 Å². The Hall–Kier alpha value is -3.28. The first-order valence-electron chi connectivity index (χ1n) is 7.46. The highest BCUT2D eigenvalue weighted by atomic mass is 16.5. The molecule has 6 heteroatoms. The fraction of sp³-hybridized carbons (Fsp3) is 0.158. The van der Waals surface area contributed by atoms with Crippen molar-refractivity contribution in [3.63, 3.8) is 0 Å². The molecule has 2 aromatic carbocycles. The van der Waals surface area contributed by atoms with Crippen LogP contribution in [0.2, 0.25) is 0 Å². The molecule has 0 amide bonds. The summed E-state index contributed by atoms with van der Waals surface area (Å²) in [6.07, 6.45) is 0. The molecule has 128 valence electrons. The van der Waals surface area contributed by atoms with Crippen LogP contribution in [0.5, 0.6) is 11.5 Å². The van der Waals surface area contributed by atoms with Crippen LogP contribution in [0.4, 0.5) is 0 Å². The van der Waals surface area contributed by atoms with Crippen LogP contribution in [0.15, 0.2) is 51.7 Å². The van der Waals surface area contributed by atoms with Crippen LogP contribution in [-0.2, 0) is 4.74 Å². The summed E-state index contributed by atoms with van der Waals surface area (Å²) < 4.78 is 21.1. The van der Waals surface area contributed by atoms with Crippen molar-refractivity contribution in [2.24, 2.45) is 0 Å². The van der Waals surface area contributed by atoms with E-state index in [0.717, 1.165) is 0 Å². The minimum absolute atomic E-state index is 0.104. The maximum absolute atomic E-state index is 12.8. The van der Waals surface area contributed by atoms with Crippen molar-refractivity contribution >= 4 is 16.9 Å². The number of rotatable bonds is 4. The normalized spacial score (nSPS) is 10.5. The van der Waals surface area contributed by atoms with Crippen LogP contribution in [0.3, 0.4) is 0 Å². The molecule has 0 aliphatic heterocycles. The zero-order valence-electron chi connectivity index (χ0n) is 14.0. The molecule has 0 N–H and O–H groups in total. The van der Waals surface area contributed by atoms with Gasteiger partial charge in [-0.05, 0) is 24.3 Å². The topological polar surface area (TPSA) is 75.0 Å². The number of benzene rings is 2. The fourth-order valence-corrected chi connectivity index (χ4v) is 2.57. The zero-order valence-corrected chi connectivity index (χ0v) is 14.0. The lowest BCUT2D eigenvalue weighted by Gasteiger charge is -2.11. The molecule has 25 heavy (non-hydrogen) atoms. The predicted octanol–water partition coefficient (Wildman–Crippen LogP) is 3.26. The van der Waals surface area contributed by atoms with Gasteiger partial charge in [0.1, 0.15) is 17.1 Å². The Morgan fingerprint density at radius 2 is 1.60 bits per heavy atom. The Balaban J connectivity index is 2.39. The van der Waals surface area contributed by atoms with Crippen LogP contribution in [0, 0.1) is 0 Å². The summed E-state index contributed by atoms with van der Waals surface area (Å²) >= 11 is 0. The average Bonchev–Trinajstić information content (AvgIpc) is 2.66. The van der Waals surface area contributed by atoms with Gasteiger partial charge in [0, 0.05) is 11.6 Å². The molecule has 3 rings (SSSR count). The van der Waals surface area contributed by atoms with Gasteiger partial charge in [-0.2, -0.15) is 0 Å². The Labute approximate surface area is 143 Å². The first-order chi connectivity index (χ1) is 12.1. The second-order valence-electron chi connectivity index (χ2n) is 5.22. The molecule has 0 fully saturated rings. The van der Waals surface area contributed by atoms with Crippen molar-refractivity contribution in [1.29, 1.82) is 0 Å². The standard InChI is InChI=1S/C19H16O6/c1-22-12-8-11(9-13(10-12)23-2)18-16(19(21)24-3)17(20)14-6-4-5-7-15(14)25-18/h4-10H,1-3H3. The molecule has 0 atom stereocenters. The summed E-state index contributed by atoms with van der Waals surface area (Å²) in [5.41, 5.74) is 0.221. The van der Waals surface area contributed by atoms with E-state index in [1.165, 1.54) is 21.3 Å². The molecule has 0 saturated heterocycles. The van der Waals surface area contributed by atoms with Crippen molar-refractivity contribution in [3.05, 3.63) is 58.3 Å². The van der Waals surface area contributed by atoms with E-state index in [2.05, 4.69) is 0 Å². The smallest absolute Gasteiger partial charge is 0.345 e. The van der Waals surface area contributed by atoms with Crippen molar-refractivity contribution in [2.75, 3.05) is 21.3 Å². The fourth-order valence-electron chi connectivity index (χ4n) is 2.57. The van der Waals surface area contributed by atoms with E-state index in [1.54, 1.807) is 42.5 Å². The number of para-hydroxylation sites is 1. The molecule has 1 aromatic heterocycles. The first-order valence-corrected chi connectivity index (χ1v) is 7.46. The molecular formula is C19H16O6. The molecule has 1 heterocycles. The number of fused-ring (bicyclic) bond motifs is 1. The van der Waals surface area contributed by atoms with Gasteiger partial charge in [0.2, 0.25) is 5.43 Å². The first kappa shape index (κ1) is 16.6. The van der Waals surface area contributed by atoms with E-state index in [4.69, 9.17) is 18.6 Å². The van der Waals surface area contributed by atoms with Crippen molar-refractivity contribution < 1.29 is 23.4 Å². The van der Waals surface area contributed by atoms with Gasteiger partial charge in [0.15, 0.2) is 11.3 Å². The van der Waals surface area contributed by atoms with Gasteiger partial charge in [-0.25, -0.2) is 4.79 Å². The van der Waals surface area contributed by atoms with Gasteiger partial charge in [-0.1, -0.05) is 12.1 Å². The Morgan fingerprint density at radius 3 is 2.20 bits per heavy atom. The second-order valence-corrected chi connectivity index (χ2v) is 5.22. The SMILES string of the molecule is COC(=O)c1c(-c2cc(OC)cc(OC)c2)oc2ccccc2c1=O. The predicted molar refractivity (Wildman–Crippen MR) is 92.4 cm³/mol.